The van der Waals surface area contributed by atoms with Gasteiger partial charge in [-0.2, -0.15) is 0 Å². The van der Waals surface area contributed by atoms with Crippen LogP contribution in [0.15, 0.2) is 60.8 Å². The number of aromatic nitrogens is 1. The summed E-state index contributed by atoms with van der Waals surface area (Å²) in [7, 11) is 3.80. The lowest BCUT2D eigenvalue weighted by molar-refractivity contribution is -0.121. The Morgan fingerprint density at radius 1 is 1.11 bits per heavy atom. The Labute approximate surface area is 204 Å². The molecule has 0 aliphatic heterocycles. The molecule has 6 nitrogen and oxygen atoms in total. The van der Waals surface area contributed by atoms with Gasteiger partial charge < -0.3 is 10.1 Å². The number of likely N-dealkylation sites (N-methyl/N-ethyl adjacent to an activating group) is 1. The molecule has 1 amide bonds. The first-order chi connectivity index (χ1) is 16.9. The molecule has 1 heterocycles. The van der Waals surface area contributed by atoms with E-state index in [0.29, 0.717) is 28.3 Å². The van der Waals surface area contributed by atoms with Gasteiger partial charge in [-0.25, -0.2) is 4.39 Å². The number of carbonyl (C=O) groups excluding carboxylic acids is 2. The van der Waals surface area contributed by atoms with Crippen molar-refractivity contribution < 1.29 is 18.7 Å². The van der Waals surface area contributed by atoms with Gasteiger partial charge >= 0.3 is 0 Å². The van der Waals surface area contributed by atoms with E-state index in [0.717, 1.165) is 31.2 Å². The molecular formula is C28H28FN3O3. The van der Waals surface area contributed by atoms with Crippen LogP contribution in [0.25, 0.3) is 11.3 Å². The van der Waals surface area contributed by atoms with Crippen molar-refractivity contribution in [3.8, 4) is 17.0 Å². The number of amides is 1. The van der Waals surface area contributed by atoms with Gasteiger partial charge in [-0.3, -0.25) is 19.5 Å². The third-order valence-corrected chi connectivity index (χ3v) is 6.71. The average molecular weight is 474 g/mol. The lowest BCUT2D eigenvalue weighted by atomic mass is 10.0. The number of pyridine rings is 1. The maximum atomic E-state index is 14.0. The molecule has 0 bridgehead atoms. The summed E-state index contributed by atoms with van der Waals surface area (Å²) in [6, 6.07) is 15.2. The molecule has 0 radical (unpaired) electrons. The Morgan fingerprint density at radius 2 is 1.89 bits per heavy atom. The van der Waals surface area contributed by atoms with Gasteiger partial charge in [-0.15, -0.1) is 0 Å². The molecule has 35 heavy (non-hydrogen) atoms. The number of hydrogen-bond acceptors (Lipinski definition) is 5. The fourth-order valence-electron chi connectivity index (χ4n) is 4.15. The van der Waals surface area contributed by atoms with Crippen molar-refractivity contribution in [2.24, 2.45) is 0 Å². The van der Waals surface area contributed by atoms with Crippen LogP contribution in [0.2, 0.25) is 0 Å². The SMILES string of the molecule is CN(C)C1(C(=O)Nc2cc(C(=O)Cc3ccc(-c4ccccc4F)nc3)ccc2OC2CC2)CC1. The maximum Gasteiger partial charge on any atom is 0.244 e. The van der Waals surface area contributed by atoms with Gasteiger partial charge in [0.25, 0.3) is 0 Å². The number of benzene rings is 2. The van der Waals surface area contributed by atoms with Crippen LogP contribution in [0.5, 0.6) is 5.75 Å². The predicted molar refractivity (Wildman–Crippen MR) is 132 cm³/mol. The molecule has 0 spiro atoms. The monoisotopic (exact) mass is 473 g/mol. The normalized spacial score (nSPS) is 16.1. The van der Waals surface area contributed by atoms with Gasteiger partial charge in [0, 0.05) is 23.7 Å². The highest BCUT2D eigenvalue weighted by atomic mass is 19.1. The second-order valence-electron chi connectivity index (χ2n) is 9.54. The lowest BCUT2D eigenvalue weighted by Crippen LogP contribution is -2.42. The molecule has 180 valence electrons. The van der Waals surface area contributed by atoms with Crippen molar-refractivity contribution >= 4 is 17.4 Å². The zero-order valence-corrected chi connectivity index (χ0v) is 19.9. The number of ether oxygens (including phenoxy) is 1. The minimum absolute atomic E-state index is 0.0827. The van der Waals surface area contributed by atoms with E-state index in [1.807, 2.05) is 19.0 Å². The average Bonchev–Trinajstić information content (AvgIpc) is 3.76. The highest BCUT2D eigenvalue weighted by Gasteiger charge is 2.52. The summed E-state index contributed by atoms with van der Waals surface area (Å²) >= 11 is 0. The molecule has 1 N–H and O–H groups in total. The van der Waals surface area contributed by atoms with E-state index in [2.05, 4.69) is 10.3 Å². The van der Waals surface area contributed by atoms with Gasteiger partial charge in [0.2, 0.25) is 5.91 Å². The number of ketones is 1. The van der Waals surface area contributed by atoms with Crippen LogP contribution in [0, 0.1) is 5.82 Å². The Morgan fingerprint density at radius 3 is 2.51 bits per heavy atom. The van der Waals surface area contributed by atoms with Crippen LogP contribution in [0.4, 0.5) is 10.1 Å². The quantitative estimate of drug-likeness (QED) is 0.448. The Hall–Kier alpha value is -3.58. The van der Waals surface area contributed by atoms with Crippen molar-refractivity contribution in [1.29, 1.82) is 0 Å². The number of nitrogens with one attached hydrogen (secondary N) is 1. The largest absolute Gasteiger partial charge is 0.488 e. The fourth-order valence-corrected chi connectivity index (χ4v) is 4.15. The van der Waals surface area contributed by atoms with E-state index in [-0.39, 0.29) is 30.0 Å². The minimum Gasteiger partial charge on any atom is -0.488 e. The van der Waals surface area contributed by atoms with Gasteiger partial charge in [-0.05, 0) is 81.7 Å². The summed E-state index contributed by atoms with van der Waals surface area (Å²) in [5.74, 6) is 0.0605. The molecule has 0 unspecified atom stereocenters. The third kappa shape index (κ3) is 4.95. The Balaban J connectivity index is 1.33. The highest BCUT2D eigenvalue weighted by Crippen LogP contribution is 2.42. The van der Waals surface area contributed by atoms with Crippen LogP contribution in [-0.4, -0.2) is 47.3 Å². The van der Waals surface area contributed by atoms with Crippen molar-refractivity contribution in [1.82, 2.24) is 9.88 Å². The molecule has 0 atom stereocenters. The molecule has 5 rings (SSSR count). The van der Waals surface area contributed by atoms with E-state index in [1.54, 1.807) is 54.7 Å². The van der Waals surface area contributed by atoms with Crippen LogP contribution in [0.3, 0.4) is 0 Å². The zero-order chi connectivity index (χ0) is 24.6. The molecule has 2 saturated carbocycles. The number of nitrogens with zero attached hydrogens (tertiary/aromatic N) is 2. The molecule has 7 heteroatoms. The number of carbonyl (C=O) groups is 2. The standard InChI is InChI=1S/C28H28FN3O3/c1-32(2)28(13-14-28)27(34)31-24-16-19(8-12-26(24)35-20-9-10-20)25(33)15-18-7-11-23(30-17-18)21-5-3-4-6-22(21)29/h3-8,11-12,16-17,20H,9-10,13-15H2,1-2H3,(H,31,34). The molecule has 1 aromatic heterocycles. The summed E-state index contributed by atoms with van der Waals surface area (Å²) in [4.78, 5) is 32.4. The van der Waals surface area contributed by atoms with Crippen molar-refractivity contribution in [3.05, 3.63) is 77.7 Å². The van der Waals surface area contributed by atoms with Gasteiger partial charge in [0.15, 0.2) is 5.78 Å². The van der Waals surface area contributed by atoms with Gasteiger partial charge in [0.05, 0.1) is 17.5 Å². The van der Waals surface area contributed by atoms with Crippen molar-refractivity contribution in [2.45, 2.75) is 43.7 Å². The van der Waals surface area contributed by atoms with Crippen LogP contribution in [0.1, 0.15) is 41.6 Å². The molecule has 3 aromatic rings. The summed E-state index contributed by atoms with van der Waals surface area (Å²) in [6.07, 6.45) is 5.49. The summed E-state index contributed by atoms with van der Waals surface area (Å²) in [5, 5.41) is 3.01. The van der Waals surface area contributed by atoms with Gasteiger partial charge in [-0.1, -0.05) is 18.2 Å². The molecule has 2 fully saturated rings. The number of halogens is 1. The summed E-state index contributed by atoms with van der Waals surface area (Å²) in [6.45, 7) is 0. The summed E-state index contributed by atoms with van der Waals surface area (Å²) < 4.78 is 20.0. The molecule has 2 aromatic carbocycles. The number of hydrogen-bond donors (Lipinski definition) is 1. The minimum atomic E-state index is -0.498. The number of rotatable bonds is 9. The van der Waals surface area contributed by atoms with E-state index >= 15 is 0 Å². The number of Topliss-reactive ketones (excluding diaryl/α,β-unsaturated/α-hetero) is 1. The first-order valence-electron chi connectivity index (χ1n) is 11.9. The Kier molecular flexibility index (Phi) is 6.11. The second-order valence-corrected chi connectivity index (χ2v) is 9.54. The van der Waals surface area contributed by atoms with Crippen LogP contribution >= 0.6 is 0 Å². The van der Waals surface area contributed by atoms with Crippen LogP contribution < -0.4 is 10.1 Å². The smallest absolute Gasteiger partial charge is 0.244 e. The lowest BCUT2D eigenvalue weighted by Gasteiger charge is -2.23. The topological polar surface area (TPSA) is 71.5 Å². The van der Waals surface area contributed by atoms with E-state index < -0.39 is 5.54 Å². The first-order valence-corrected chi connectivity index (χ1v) is 11.9. The second kappa shape index (κ2) is 9.23. The van der Waals surface area contributed by atoms with Gasteiger partial charge in [0.1, 0.15) is 17.1 Å². The summed E-state index contributed by atoms with van der Waals surface area (Å²) in [5.41, 5.74) is 2.17. The highest BCUT2D eigenvalue weighted by molar-refractivity contribution is 6.03. The molecular weight excluding hydrogens is 445 g/mol. The fraction of sp³-hybridized carbons (Fsp3) is 0.321. The maximum absolute atomic E-state index is 14.0. The zero-order valence-electron chi connectivity index (χ0n) is 19.9. The van der Waals surface area contributed by atoms with Crippen molar-refractivity contribution in [2.75, 3.05) is 19.4 Å². The van der Waals surface area contributed by atoms with Crippen LogP contribution in [-0.2, 0) is 11.2 Å². The predicted octanol–water partition coefficient (Wildman–Crippen LogP) is 4.89. The van der Waals surface area contributed by atoms with E-state index in [9.17, 15) is 14.0 Å². The first kappa shape index (κ1) is 23.2. The van der Waals surface area contributed by atoms with Crippen molar-refractivity contribution in [3.63, 3.8) is 0 Å². The molecule has 2 aliphatic carbocycles. The Bertz CT molecular complexity index is 1260. The molecule has 2 aliphatic rings. The van der Waals surface area contributed by atoms with E-state index in [1.165, 1.54) is 6.07 Å². The number of anilines is 1. The third-order valence-electron chi connectivity index (χ3n) is 6.71. The van der Waals surface area contributed by atoms with E-state index in [4.69, 9.17) is 4.74 Å². The molecule has 0 saturated heterocycles.